The molecule has 15 heteroatoms. The number of methoxy groups -OCH3 is 1. The van der Waals surface area contributed by atoms with E-state index < -0.39 is 46.6 Å². The molecule has 1 saturated heterocycles. The van der Waals surface area contributed by atoms with E-state index in [-0.39, 0.29) is 47.9 Å². The molecule has 0 radical (unpaired) electrons. The Hall–Kier alpha value is -2.46. The van der Waals surface area contributed by atoms with E-state index in [0.29, 0.717) is 41.6 Å². The molecule has 3 aliphatic rings. The second kappa shape index (κ2) is 13.6. The van der Waals surface area contributed by atoms with Gasteiger partial charge in [0.1, 0.15) is 11.9 Å². The molecule has 1 N–H and O–H groups in total. The minimum Gasteiger partial charge on any atom is -0.466 e. The number of hydrogen-bond acceptors (Lipinski definition) is 10. The highest BCUT2D eigenvalue weighted by Crippen LogP contribution is 2.47. The van der Waals surface area contributed by atoms with Crippen molar-refractivity contribution < 1.29 is 31.9 Å². The molecule has 5 rings (SSSR count). The fraction of sp³-hybridized carbons (Fsp3) is 0.548. The van der Waals surface area contributed by atoms with Gasteiger partial charge in [-0.15, -0.1) is 11.3 Å². The van der Waals surface area contributed by atoms with E-state index in [4.69, 9.17) is 14.5 Å². The number of hydrogen-bond donors (Lipinski definition) is 1. The van der Waals surface area contributed by atoms with E-state index >= 15 is 0 Å². The van der Waals surface area contributed by atoms with Gasteiger partial charge in [-0.3, -0.25) is 9.79 Å². The van der Waals surface area contributed by atoms with Crippen LogP contribution in [0.4, 0.5) is 4.39 Å². The monoisotopic (exact) mass is 754 g/mol. The fourth-order valence-corrected chi connectivity index (χ4v) is 10.3. The van der Waals surface area contributed by atoms with Crippen molar-refractivity contribution in [1.82, 2.24) is 14.6 Å². The smallest absolute Gasteiger partial charge is 0.338 e. The molecule has 0 amide bonds. The van der Waals surface area contributed by atoms with E-state index in [1.807, 2.05) is 5.38 Å². The summed E-state index contributed by atoms with van der Waals surface area (Å²) in [5, 5.41) is 5.10. The lowest BCUT2D eigenvalue weighted by Gasteiger charge is -2.45. The van der Waals surface area contributed by atoms with Gasteiger partial charge in [0.25, 0.3) is 0 Å². The van der Waals surface area contributed by atoms with Crippen LogP contribution in [0.15, 0.2) is 50.5 Å². The van der Waals surface area contributed by atoms with Gasteiger partial charge in [0, 0.05) is 44.4 Å². The van der Waals surface area contributed by atoms with Gasteiger partial charge in [0.2, 0.25) is 10.0 Å². The van der Waals surface area contributed by atoms with Crippen LogP contribution in [0, 0.1) is 17.2 Å². The molecular formula is C31H40BrFN4O6S2Si. The van der Waals surface area contributed by atoms with Crippen LogP contribution in [0.25, 0.3) is 0 Å². The second-order valence-corrected chi connectivity index (χ2v) is 23.1. The van der Waals surface area contributed by atoms with Crippen LogP contribution < -0.4 is 5.32 Å². The number of allylic oxidation sites excluding steroid dienone is 1. The van der Waals surface area contributed by atoms with E-state index in [0.717, 1.165) is 6.04 Å². The fourth-order valence-electron chi connectivity index (χ4n) is 6.18. The van der Waals surface area contributed by atoms with Crippen LogP contribution in [0.3, 0.4) is 0 Å². The van der Waals surface area contributed by atoms with Crippen LogP contribution >= 0.6 is 27.3 Å². The lowest BCUT2D eigenvalue weighted by atomic mass is 9.70. The average molecular weight is 756 g/mol. The van der Waals surface area contributed by atoms with Gasteiger partial charge < -0.3 is 14.8 Å². The summed E-state index contributed by atoms with van der Waals surface area (Å²) in [7, 11) is -3.72. The molecule has 1 atom stereocenters. The number of thiazole rings is 1. The number of amidine groups is 1. The number of ether oxygens (including phenoxy) is 2. The largest absolute Gasteiger partial charge is 0.466 e. The molecule has 1 saturated carbocycles. The molecule has 0 spiro atoms. The third-order valence-corrected chi connectivity index (χ3v) is 14.6. The lowest BCUT2D eigenvalue weighted by Crippen LogP contribution is -2.54. The first-order chi connectivity index (χ1) is 21.6. The number of nitrogens with zero attached hydrogens (tertiary/aromatic N) is 3. The summed E-state index contributed by atoms with van der Waals surface area (Å²) in [5.41, 5.74) is 0.480. The maximum absolute atomic E-state index is 14.7. The summed E-state index contributed by atoms with van der Waals surface area (Å²) >= 11 is 4.71. The van der Waals surface area contributed by atoms with Crippen molar-refractivity contribution in [1.29, 1.82) is 0 Å². The Bertz CT molecular complexity index is 1650. The van der Waals surface area contributed by atoms with E-state index in [1.165, 1.54) is 28.8 Å². The zero-order valence-electron chi connectivity index (χ0n) is 26.6. The Balaban J connectivity index is 1.33. The van der Waals surface area contributed by atoms with Gasteiger partial charge in [-0.25, -0.2) is 26.9 Å². The normalized spacial score (nSPS) is 24.5. The number of aliphatic imine (C=N–C) groups is 1. The first-order valence-electron chi connectivity index (χ1n) is 15.3. The Morgan fingerprint density at radius 2 is 1.91 bits per heavy atom. The quantitative estimate of drug-likeness (QED) is 0.244. The van der Waals surface area contributed by atoms with Crippen molar-refractivity contribution in [3.63, 3.8) is 0 Å². The summed E-state index contributed by atoms with van der Waals surface area (Å²) in [6, 6.07) is 4.57. The Labute approximate surface area is 283 Å². The summed E-state index contributed by atoms with van der Waals surface area (Å²) in [6.07, 6.45) is 2.99. The number of carbonyl (C=O) groups is 2. The van der Waals surface area contributed by atoms with Crippen molar-refractivity contribution in [2.24, 2.45) is 16.3 Å². The predicted octanol–water partition coefficient (Wildman–Crippen LogP) is 5.65. The molecule has 250 valence electrons. The van der Waals surface area contributed by atoms with E-state index in [1.54, 1.807) is 25.3 Å². The number of halogens is 2. The first kappa shape index (κ1) is 34.9. The first-order valence-corrected chi connectivity index (χ1v) is 22.2. The Kier molecular flexibility index (Phi) is 10.3. The summed E-state index contributed by atoms with van der Waals surface area (Å²) in [6.45, 7) is 9.29. The van der Waals surface area contributed by atoms with Crippen LogP contribution in [-0.2, 0) is 29.1 Å². The van der Waals surface area contributed by atoms with Crippen LogP contribution in [0.5, 0.6) is 0 Å². The SMILES string of the molecule is COC(=O)C1=C(C2CCN(S(=O)(=O)C3CC(C)(C(=O)OCC[Si](C)(C)C)C3)CC2)NC(c2nccs2)=NC1c1cccc(F)c1Br. The van der Waals surface area contributed by atoms with Crippen molar-refractivity contribution in [2.75, 3.05) is 26.8 Å². The van der Waals surface area contributed by atoms with Gasteiger partial charge in [0.05, 0.1) is 34.4 Å². The van der Waals surface area contributed by atoms with Crippen LogP contribution in [0.1, 0.15) is 49.2 Å². The van der Waals surface area contributed by atoms with Gasteiger partial charge in [-0.05, 0) is 66.2 Å². The van der Waals surface area contributed by atoms with Crippen molar-refractivity contribution in [3.8, 4) is 0 Å². The molecule has 1 unspecified atom stereocenters. The predicted molar refractivity (Wildman–Crippen MR) is 181 cm³/mol. The molecule has 10 nitrogen and oxygen atoms in total. The third-order valence-electron chi connectivity index (χ3n) is 8.97. The minimum absolute atomic E-state index is 0.193. The Morgan fingerprint density at radius 3 is 2.52 bits per heavy atom. The van der Waals surface area contributed by atoms with Crippen molar-refractivity contribution in [3.05, 3.63) is 61.9 Å². The maximum atomic E-state index is 14.7. The molecular weight excluding hydrogens is 715 g/mol. The number of carbonyl (C=O) groups excluding carboxylic acids is 2. The number of sulfonamides is 1. The highest BCUT2D eigenvalue weighted by atomic mass is 79.9. The topological polar surface area (TPSA) is 127 Å². The lowest BCUT2D eigenvalue weighted by molar-refractivity contribution is -0.159. The third kappa shape index (κ3) is 7.17. The molecule has 2 aromatic rings. The van der Waals surface area contributed by atoms with Crippen LogP contribution in [0.2, 0.25) is 25.7 Å². The van der Waals surface area contributed by atoms with Gasteiger partial charge in [0.15, 0.2) is 10.8 Å². The van der Waals surface area contributed by atoms with Gasteiger partial charge >= 0.3 is 11.9 Å². The number of esters is 2. The molecule has 1 aromatic heterocycles. The maximum Gasteiger partial charge on any atom is 0.338 e. The number of rotatable bonds is 10. The molecule has 2 aliphatic heterocycles. The second-order valence-electron chi connectivity index (χ2n) is 13.6. The number of aromatic nitrogens is 1. The van der Waals surface area contributed by atoms with Gasteiger partial charge in [-0.1, -0.05) is 31.8 Å². The number of piperidine rings is 1. The molecule has 46 heavy (non-hydrogen) atoms. The molecule has 2 fully saturated rings. The Morgan fingerprint density at radius 1 is 1.22 bits per heavy atom. The number of benzene rings is 1. The zero-order valence-corrected chi connectivity index (χ0v) is 30.9. The van der Waals surface area contributed by atoms with Crippen molar-refractivity contribution in [2.45, 2.75) is 69.6 Å². The highest BCUT2D eigenvalue weighted by molar-refractivity contribution is 9.10. The van der Waals surface area contributed by atoms with Crippen LogP contribution in [-0.4, -0.2) is 75.6 Å². The summed E-state index contributed by atoms with van der Waals surface area (Å²) in [5.74, 6) is -1.20. The molecule has 0 bridgehead atoms. The van der Waals surface area contributed by atoms with Crippen molar-refractivity contribution >= 4 is 63.1 Å². The van der Waals surface area contributed by atoms with Gasteiger partial charge in [-0.2, -0.15) is 0 Å². The highest BCUT2D eigenvalue weighted by Gasteiger charge is 2.54. The molecule has 1 aliphatic carbocycles. The average Bonchev–Trinajstić information content (AvgIpc) is 3.54. The number of nitrogens with one attached hydrogen (secondary N) is 1. The molecule has 1 aromatic carbocycles. The minimum atomic E-state index is -3.65. The summed E-state index contributed by atoms with van der Waals surface area (Å²) < 4.78 is 54.4. The van der Waals surface area contributed by atoms with E-state index in [2.05, 4.69) is 45.9 Å². The molecule has 3 heterocycles. The standard InChI is InChI=1S/C31H40BrFN4O6S2Si/c1-31(30(39)43-14-16-46(3,4)5)17-20(18-31)45(40,41)37-12-9-19(10-13-37)25-23(29(38)42-2)26(21-7-6-8-22(33)24(21)32)36-27(35-25)28-34-11-15-44-28/h6-8,11,15,19-20,26H,9-10,12-14,16-18H2,1-5H3,(H,35,36). The van der Waals surface area contributed by atoms with E-state index in [9.17, 15) is 22.4 Å². The zero-order chi connectivity index (χ0) is 33.4. The summed E-state index contributed by atoms with van der Waals surface area (Å²) in [4.78, 5) is 35.3.